The number of ether oxygens (including phenoxy) is 1. The molecule has 0 amide bonds. The van der Waals surface area contributed by atoms with E-state index >= 15 is 0 Å². The van der Waals surface area contributed by atoms with Crippen LogP contribution in [0, 0.1) is 5.41 Å². The largest absolute Gasteiger partial charge is 0.463 e. The first-order valence-corrected chi connectivity index (χ1v) is 5.14. The number of nitrogens with zero attached hydrogens (tertiary/aromatic N) is 1. The van der Waals surface area contributed by atoms with Crippen LogP contribution >= 0.6 is 0 Å². The van der Waals surface area contributed by atoms with Gasteiger partial charge in [0.25, 0.3) is 0 Å². The monoisotopic (exact) mass is 213 g/mol. The third-order valence-electron chi connectivity index (χ3n) is 3.12. The molecule has 1 unspecified atom stereocenters. The summed E-state index contributed by atoms with van der Waals surface area (Å²) in [5.41, 5.74) is -1.60. The molecule has 1 atom stereocenters. The van der Waals surface area contributed by atoms with Crippen LogP contribution in [-0.4, -0.2) is 42.4 Å². The van der Waals surface area contributed by atoms with Crippen molar-refractivity contribution in [2.75, 3.05) is 20.2 Å². The molecule has 1 fully saturated rings. The van der Waals surface area contributed by atoms with Crippen LogP contribution in [0.25, 0.3) is 0 Å². The molecule has 86 valence electrons. The van der Waals surface area contributed by atoms with Crippen LogP contribution in [0.4, 0.5) is 0 Å². The van der Waals surface area contributed by atoms with Gasteiger partial charge in [-0.25, -0.2) is 4.79 Å². The second-order valence-electron chi connectivity index (χ2n) is 5.07. The summed E-state index contributed by atoms with van der Waals surface area (Å²) in [6.07, 6.45) is 0. The average molecular weight is 213 g/mol. The molecule has 1 aliphatic heterocycles. The maximum atomic E-state index is 11.9. The van der Waals surface area contributed by atoms with Crippen molar-refractivity contribution < 1.29 is 14.3 Å². The number of esters is 1. The summed E-state index contributed by atoms with van der Waals surface area (Å²) in [5.74, 6) is -0.571. The smallest absolute Gasteiger partial charge is 0.334 e. The molecule has 1 rings (SSSR count). The van der Waals surface area contributed by atoms with Crippen LogP contribution in [0.3, 0.4) is 0 Å². The molecule has 4 nitrogen and oxygen atoms in total. The van der Waals surface area contributed by atoms with Crippen LogP contribution in [0.5, 0.6) is 0 Å². The van der Waals surface area contributed by atoms with E-state index in [9.17, 15) is 9.59 Å². The Bertz CT molecular complexity index is 293. The van der Waals surface area contributed by atoms with Crippen molar-refractivity contribution in [2.24, 2.45) is 5.41 Å². The summed E-state index contributed by atoms with van der Waals surface area (Å²) in [7, 11) is 1.80. The maximum Gasteiger partial charge on any atom is 0.334 e. The Morgan fingerprint density at radius 2 is 2.00 bits per heavy atom. The number of carbonyl (C=O) groups is 2. The van der Waals surface area contributed by atoms with Gasteiger partial charge >= 0.3 is 5.97 Å². The molecule has 1 heterocycles. The Hall–Kier alpha value is -0.900. The average Bonchev–Trinajstić information content (AvgIpc) is 2.00. The Morgan fingerprint density at radius 3 is 2.27 bits per heavy atom. The lowest BCUT2D eigenvalue weighted by Crippen LogP contribution is -2.69. The van der Waals surface area contributed by atoms with E-state index in [0.717, 1.165) is 0 Å². The van der Waals surface area contributed by atoms with E-state index in [4.69, 9.17) is 4.74 Å². The van der Waals surface area contributed by atoms with Gasteiger partial charge in [-0.05, 0) is 19.4 Å². The predicted molar refractivity (Wildman–Crippen MR) is 56.5 cm³/mol. The van der Waals surface area contributed by atoms with Gasteiger partial charge in [-0.15, -0.1) is 0 Å². The number of hydrogen-bond donors (Lipinski definition) is 0. The predicted octanol–water partition coefficient (Wildman–Crippen LogP) is 0.849. The van der Waals surface area contributed by atoms with Crippen LogP contribution in [0.15, 0.2) is 0 Å². The molecule has 0 aromatic rings. The number of rotatable bonds is 1. The summed E-state index contributed by atoms with van der Waals surface area (Å²) in [6, 6.07) is 0. The highest BCUT2D eigenvalue weighted by Gasteiger charge is 2.58. The Kier molecular flexibility index (Phi) is 2.92. The van der Waals surface area contributed by atoms with Gasteiger partial charge in [-0.2, -0.15) is 0 Å². The molecule has 1 saturated heterocycles. The number of Topliss-reactive ketones (excluding diaryl/α,β-unsaturated/α-hetero) is 1. The normalized spacial score (nSPS) is 28.7. The van der Waals surface area contributed by atoms with Crippen molar-refractivity contribution in [3.8, 4) is 0 Å². The van der Waals surface area contributed by atoms with E-state index < -0.39 is 16.9 Å². The fourth-order valence-corrected chi connectivity index (χ4v) is 2.52. The number of morpholine rings is 1. The molecule has 0 radical (unpaired) electrons. The zero-order valence-corrected chi connectivity index (χ0v) is 10.1. The highest BCUT2D eigenvalue weighted by atomic mass is 16.5. The fourth-order valence-electron chi connectivity index (χ4n) is 2.52. The molecule has 0 aromatic carbocycles. The molecule has 0 spiro atoms. The van der Waals surface area contributed by atoms with Gasteiger partial charge in [0.15, 0.2) is 11.3 Å². The highest BCUT2D eigenvalue weighted by Crippen LogP contribution is 2.38. The van der Waals surface area contributed by atoms with Gasteiger partial charge in [-0.1, -0.05) is 20.8 Å². The van der Waals surface area contributed by atoms with Gasteiger partial charge < -0.3 is 4.74 Å². The molecular weight excluding hydrogens is 194 g/mol. The van der Waals surface area contributed by atoms with Gasteiger partial charge in [0.05, 0.1) is 0 Å². The molecule has 0 N–H and O–H groups in total. The van der Waals surface area contributed by atoms with Crippen molar-refractivity contribution in [3.63, 3.8) is 0 Å². The number of likely N-dealkylation sites (N-methyl/N-ethyl adjacent to an activating group) is 1. The summed E-state index contributed by atoms with van der Waals surface area (Å²) >= 11 is 0. The van der Waals surface area contributed by atoms with Crippen molar-refractivity contribution in [1.82, 2.24) is 4.90 Å². The van der Waals surface area contributed by atoms with Crippen molar-refractivity contribution in [3.05, 3.63) is 0 Å². The lowest BCUT2D eigenvalue weighted by Gasteiger charge is -2.48. The quantitative estimate of drug-likeness (QED) is 0.478. The van der Waals surface area contributed by atoms with Crippen molar-refractivity contribution in [1.29, 1.82) is 0 Å². The minimum absolute atomic E-state index is 0.151. The Balaban J connectivity index is 3.30. The first kappa shape index (κ1) is 12.2. The van der Waals surface area contributed by atoms with Crippen LogP contribution in [0.2, 0.25) is 0 Å². The molecule has 1 aliphatic rings. The van der Waals surface area contributed by atoms with Gasteiger partial charge in [0, 0.05) is 6.54 Å². The molecule has 0 bridgehead atoms. The van der Waals surface area contributed by atoms with E-state index in [1.165, 1.54) is 6.92 Å². The van der Waals surface area contributed by atoms with E-state index in [-0.39, 0.29) is 5.78 Å². The summed E-state index contributed by atoms with van der Waals surface area (Å²) < 4.78 is 5.05. The summed E-state index contributed by atoms with van der Waals surface area (Å²) in [4.78, 5) is 25.6. The van der Waals surface area contributed by atoms with E-state index in [2.05, 4.69) is 0 Å². The second-order valence-corrected chi connectivity index (χ2v) is 5.07. The first-order valence-electron chi connectivity index (χ1n) is 5.14. The summed E-state index contributed by atoms with van der Waals surface area (Å²) in [6.45, 7) is 8.07. The van der Waals surface area contributed by atoms with Crippen LogP contribution in [0.1, 0.15) is 27.7 Å². The highest BCUT2D eigenvalue weighted by molar-refractivity contribution is 6.08. The zero-order chi connectivity index (χ0) is 11.9. The topological polar surface area (TPSA) is 46.6 Å². The minimum Gasteiger partial charge on any atom is -0.463 e. The lowest BCUT2D eigenvalue weighted by molar-refractivity contribution is -0.180. The zero-order valence-electron chi connectivity index (χ0n) is 10.1. The van der Waals surface area contributed by atoms with Gasteiger partial charge in [-0.3, -0.25) is 9.69 Å². The third kappa shape index (κ3) is 1.57. The van der Waals surface area contributed by atoms with Crippen LogP contribution in [-0.2, 0) is 14.3 Å². The fraction of sp³-hybridized carbons (Fsp3) is 0.818. The van der Waals surface area contributed by atoms with Crippen molar-refractivity contribution in [2.45, 2.75) is 33.2 Å². The molecular formula is C11H19NO3. The third-order valence-corrected chi connectivity index (χ3v) is 3.12. The van der Waals surface area contributed by atoms with Crippen LogP contribution < -0.4 is 0 Å². The molecule has 0 aliphatic carbocycles. The molecule has 0 aromatic heterocycles. The van der Waals surface area contributed by atoms with Gasteiger partial charge in [0.2, 0.25) is 0 Å². The van der Waals surface area contributed by atoms with Crippen molar-refractivity contribution >= 4 is 11.8 Å². The standard InChI is InChI=1S/C11H19NO3/c1-8(13)11(10(2,3)4)9(14)15-7-6-12(11)5/h6-7H2,1-5H3. The maximum absolute atomic E-state index is 11.9. The second kappa shape index (κ2) is 3.59. The van der Waals surface area contributed by atoms with E-state index in [0.29, 0.717) is 13.2 Å². The number of carbonyl (C=O) groups excluding carboxylic acids is 2. The molecule has 4 heteroatoms. The lowest BCUT2D eigenvalue weighted by atomic mass is 9.69. The molecule has 15 heavy (non-hydrogen) atoms. The van der Waals surface area contributed by atoms with Gasteiger partial charge in [0.1, 0.15) is 6.61 Å². The Labute approximate surface area is 90.6 Å². The number of cyclic esters (lactones) is 1. The summed E-state index contributed by atoms with van der Waals surface area (Å²) in [5, 5.41) is 0. The number of ketones is 1. The Morgan fingerprint density at radius 1 is 1.47 bits per heavy atom. The van der Waals surface area contributed by atoms with E-state index in [1.54, 1.807) is 11.9 Å². The first-order chi connectivity index (χ1) is 6.74. The molecule has 0 saturated carbocycles. The SMILES string of the molecule is CC(=O)C1(C(C)(C)C)C(=O)OCCN1C. The van der Waals surface area contributed by atoms with E-state index in [1.807, 2.05) is 20.8 Å². The minimum atomic E-state index is -1.13. The number of hydrogen-bond acceptors (Lipinski definition) is 4.